The normalized spacial score (nSPS) is 13.8. The van der Waals surface area contributed by atoms with E-state index in [2.05, 4.69) is 40.2 Å². The molecule has 0 spiro atoms. The summed E-state index contributed by atoms with van der Waals surface area (Å²) in [4.78, 5) is 17.2. The second-order valence-corrected chi connectivity index (χ2v) is 10.4. The van der Waals surface area contributed by atoms with Gasteiger partial charge < -0.3 is 9.80 Å². The third kappa shape index (κ3) is 5.53. The number of nitrogens with zero attached hydrogens (tertiary/aromatic N) is 5. The molecule has 5 rings (SSSR count). The van der Waals surface area contributed by atoms with Crippen LogP contribution in [0.4, 0.5) is 5.69 Å². The zero-order valence-electron chi connectivity index (χ0n) is 19.8. The molecule has 0 radical (unpaired) electrons. The average Bonchev–Trinajstić information content (AvgIpc) is 3.32. The lowest BCUT2D eigenvalue weighted by Gasteiger charge is -2.36. The summed E-state index contributed by atoms with van der Waals surface area (Å²) >= 11 is 13.6. The molecule has 184 valence electrons. The molecule has 0 saturated carbocycles. The Kier molecular flexibility index (Phi) is 7.51. The van der Waals surface area contributed by atoms with E-state index in [-0.39, 0.29) is 5.91 Å². The third-order valence-corrected chi connectivity index (χ3v) is 7.56. The maximum Gasteiger partial charge on any atom is 0.233 e. The third-order valence-electron chi connectivity index (χ3n) is 6.16. The molecule has 1 fully saturated rings. The molecule has 36 heavy (non-hydrogen) atoms. The van der Waals surface area contributed by atoms with E-state index < -0.39 is 0 Å². The molecule has 0 unspecified atom stereocenters. The van der Waals surface area contributed by atoms with Crippen molar-refractivity contribution in [3.8, 4) is 17.1 Å². The molecule has 1 saturated heterocycles. The highest BCUT2D eigenvalue weighted by atomic mass is 35.5. The van der Waals surface area contributed by atoms with Crippen molar-refractivity contribution in [2.45, 2.75) is 12.1 Å². The maximum absolute atomic E-state index is 13.1. The summed E-state index contributed by atoms with van der Waals surface area (Å²) in [6, 6.07) is 23.6. The second kappa shape index (κ2) is 10.9. The molecule has 0 bridgehead atoms. The lowest BCUT2D eigenvalue weighted by molar-refractivity contribution is -0.128. The first-order chi connectivity index (χ1) is 17.5. The number of carbonyl (C=O) groups excluding carboxylic acids is 1. The highest BCUT2D eigenvalue weighted by Gasteiger charge is 2.23. The number of benzene rings is 3. The summed E-state index contributed by atoms with van der Waals surface area (Å²) in [5.74, 6) is 1.10. The van der Waals surface area contributed by atoms with Gasteiger partial charge in [-0.05, 0) is 61.5 Å². The first kappa shape index (κ1) is 24.7. The Labute approximate surface area is 224 Å². The zero-order chi connectivity index (χ0) is 25.1. The molecule has 3 aromatic carbocycles. The van der Waals surface area contributed by atoms with Gasteiger partial charge in [-0.1, -0.05) is 58.7 Å². The topological polar surface area (TPSA) is 54.3 Å². The zero-order valence-corrected chi connectivity index (χ0v) is 22.1. The predicted molar refractivity (Wildman–Crippen MR) is 148 cm³/mol. The summed E-state index contributed by atoms with van der Waals surface area (Å²) in [5.41, 5.74) is 4.11. The van der Waals surface area contributed by atoms with E-state index in [1.165, 1.54) is 17.3 Å². The highest BCUT2D eigenvalue weighted by Crippen LogP contribution is 2.29. The smallest absolute Gasteiger partial charge is 0.233 e. The highest BCUT2D eigenvalue weighted by molar-refractivity contribution is 7.99. The van der Waals surface area contributed by atoms with E-state index in [0.717, 1.165) is 35.1 Å². The van der Waals surface area contributed by atoms with Crippen LogP contribution in [-0.4, -0.2) is 57.5 Å². The Morgan fingerprint density at radius 2 is 1.58 bits per heavy atom. The van der Waals surface area contributed by atoms with E-state index in [1.54, 1.807) is 0 Å². The monoisotopic (exact) mass is 537 g/mol. The lowest BCUT2D eigenvalue weighted by atomic mass is 10.2. The van der Waals surface area contributed by atoms with Crippen LogP contribution in [0.5, 0.6) is 0 Å². The number of hydrogen-bond acceptors (Lipinski definition) is 5. The fraction of sp³-hybridized carbons (Fsp3) is 0.222. The van der Waals surface area contributed by atoms with Gasteiger partial charge in [0.25, 0.3) is 0 Å². The Balaban J connectivity index is 1.30. The summed E-state index contributed by atoms with van der Waals surface area (Å²) in [7, 11) is 0. The summed E-state index contributed by atoms with van der Waals surface area (Å²) < 4.78 is 2.00. The summed E-state index contributed by atoms with van der Waals surface area (Å²) in [6.07, 6.45) is 0. The van der Waals surface area contributed by atoms with Crippen LogP contribution in [0.1, 0.15) is 5.56 Å². The van der Waals surface area contributed by atoms with Crippen molar-refractivity contribution in [1.29, 1.82) is 0 Å². The first-order valence-corrected chi connectivity index (χ1v) is 13.4. The molecule has 0 N–H and O–H groups in total. The van der Waals surface area contributed by atoms with Crippen LogP contribution >= 0.6 is 35.0 Å². The van der Waals surface area contributed by atoms with Crippen molar-refractivity contribution in [3.63, 3.8) is 0 Å². The van der Waals surface area contributed by atoms with Crippen LogP contribution in [0.25, 0.3) is 17.1 Å². The van der Waals surface area contributed by atoms with Crippen molar-refractivity contribution in [2.75, 3.05) is 36.8 Å². The van der Waals surface area contributed by atoms with Gasteiger partial charge in [0.05, 0.1) is 5.75 Å². The van der Waals surface area contributed by atoms with Crippen molar-refractivity contribution < 1.29 is 4.79 Å². The van der Waals surface area contributed by atoms with Crippen LogP contribution in [0.15, 0.2) is 78.0 Å². The number of aryl methyl sites for hydroxylation is 1. The molecule has 6 nitrogen and oxygen atoms in total. The molecular weight excluding hydrogens is 513 g/mol. The number of hydrogen-bond donors (Lipinski definition) is 0. The quantitative estimate of drug-likeness (QED) is 0.283. The largest absolute Gasteiger partial charge is 0.368 e. The SMILES string of the molecule is Cc1ccc(-n2c(SCC(=O)N3CCN(c4cccc(Cl)c4)CC3)nnc2-c2ccc(Cl)cc2)cc1. The van der Waals surface area contributed by atoms with Gasteiger partial charge in [0.2, 0.25) is 5.91 Å². The minimum Gasteiger partial charge on any atom is -0.368 e. The molecule has 0 atom stereocenters. The van der Waals surface area contributed by atoms with Gasteiger partial charge in [0, 0.05) is 53.2 Å². The van der Waals surface area contributed by atoms with Gasteiger partial charge in [0.1, 0.15) is 0 Å². The number of carbonyl (C=O) groups is 1. The van der Waals surface area contributed by atoms with Crippen molar-refractivity contribution in [3.05, 3.63) is 88.4 Å². The molecule has 9 heteroatoms. The van der Waals surface area contributed by atoms with Gasteiger partial charge in [-0.2, -0.15) is 0 Å². The van der Waals surface area contributed by atoms with Crippen molar-refractivity contribution >= 4 is 46.6 Å². The van der Waals surface area contributed by atoms with Crippen molar-refractivity contribution in [2.24, 2.45) is 0 Å². The number of halogens is 2. The fourth-order valence-corrected chi connectivity index (χ4v) is 5.35. The minimum absolute atomic E-state index is 0.0947. The van der Waals surface area contributed by atoms with E-state index in [4.69, 9.17) is 23.2 Å². The number of amides is 1. The number of thioether (sulfide) groups is 1. The Bertz CT molecular complexity index is 1350. The fourth-order valence-electron chi connectivity index (χ4n) is 4.18. The predicted octanol–water partition coefficient (Wildman–Crippen LogP) is 5.99. The Hall–Kier alpha value is -3.00. The molecule has 4 aromatic rings. The molecule has 0 aliphatic carbocycles. The van der Waals surface area contributed by atoms with Crippen LogP contribution in [0.3, 0.4) is 0 Å². The first-order valence-electron chi connectivity index (χ1n) is 11.7. The molecule has 1 aliphatic rings. The van der Waals surface area contributed by atoms with Gasteiger partial charge in [0.15, 0.2) is 11.0 Å². The molecule has 1 aromatic heterocycles. The van der Waals surface area contributed by atoms with E-state index >= 15 is 0 Å². The van der Waals surface area contributed by atoms with Gasteiger partial charge in [-0.25, -0.2) is 0 Å². The standard InChI is InChI=1S/C27H25Cl2N5OS/c1-19-5-11-23(12-6-19)34-26(20-7-9-21(28)10-8-20)30-31-27(34)36-18-25(35)33-15-13-32(14-16-33)24-4-2-3-22(29)17-24/h2-12,17H,13-16,18H2,1H3. The van der Waals surface area contributed by atoms with Gasteiger partial charge >= 0.3 is 0 Å². The van der Waals surface area contributed by atoms with E-state index in [0.29, 0.717) is 34.8 Å². The van der Waals surface area contributed by atoms with Crippen LogP contribution in [0, 0.1) is 6.92 Å². The summed E-state index contributed by atoms with van der Waals surface area (Å²) in [5, 5.41) is 11.0. The molecule has 1 amide bonds. The van der Waals surface area contributed by atoms with E-state index in [1.807, 2.05) is 64.1 Å². The Morgan fingerprint density at radius 1 is 0.861 bits per heavy atom. The number of piperazine rings is 1. The minimum atomic E-state index is 0.0947. The number of aromatic nitrogens is 3. The Morgan fingerprint density at radius 3 is 2.28 bits per heavy atom. The molecule has 1 aliphatic heterocycles. The number of anilines is 1. The van der Waals surface area contributed by atoms with Crippen LogP contribution < -0.4 is 4.90 Å². The van der Waals surface area contributed by atoms with Gasteiger partial charge in [-0.15, -0.1) is 10.2 Å². The van der Waals surface area contributed by atoms with Crippen molar-refractivity contribution in [1.82, 2.24) is 19.7 Å². The maximum atomic E-state index is 13.1. The number of rotatable bonds is 6. The lowest BCUT2D eigenvalue weighted by Crippen LogP contribution is -2.49. The summed E-state index contributed by atoms with van der Waals surface area (Å²) in [6.45, 7) is 4.95. The molecular formula is C27H25Cl2N5OS. The second-order valence-electron chi connectivity index (χ2n) is 8.62. The molecule has 2 heterocycles. The van der Waals surface area contributed by atoms with Crippen LogP contribution in [-0.2, 0) is 4.79 Å². The average molecular weight is 539 g/mol. The van der Waals surface area contributed by atoms with Crippen LogP contribution in [0.2, 0.25) is 10.0 Å². The van der Waals surface area contributed by atoms with E-state index in [9.17, 15) is 4.79 Å². The van der Waals surface area contributed by atoms with Gasteiger partial charge in [-0.3, -0.25) is 9.36 Å².